The first-order valence-electron chi connectivity index (χ1n) is 7.92. The number of nitrogens with zero attached hydrogens (tertiary/aromatic N) is 4. The van der Waals surface area contributed by atoms with Crippen molar-refractivity contribution >= 4 is 11.0 Å². The number of furan rings is 1. The van der Waals surface area contributed by atoms with Crippen LogP contribution >= 0.6 is 0 Å². The third kappa shape index (κ3) is 2.48. The van der Waals surface area contributed by atoms with E-state index in [4.69, 9.17) is 4.42 Å². The van der Waals surface area contributed by atoms with Crippen LogP contribution in [0.5, 0.6) is 0 Å². The lowest BCUT2D eigenvalue weighted by Crippen LogP contribution is -2.07. The number of hydrogen-bond donors (Lipinski definition) is 0. The zero-order valence-corrected chi connectivity index (χ0v) is 13.9. The Hall–Kier alpha value is -2.95. The molecule has 0 saturated heterocycles. The fourth-order valence-corrected chi connectivity index (χ4v) is 3.06. The minimum atomic E-state index is 0.564. The normalized spacial score (nSPS) is 11.3. The molecule has 3 heterocycles. The lowest BCUT2D eigenvalue weighted by atomic mass is 10.1. The Kier molecular flexibility index (Phi) is 3.41. The summed E-state index contributed by atoms with van der Waals surface area (Å²) in [5.41, 5.74) is 3.92. The smallest absolute Gasteiger partial charge is 0.176 e. The maximum absolute atomic E-state index is 6.04. The molecule has 4 rings (SSSR count). The lowest BCUT2D eigenvalue weighted by Gasteiger charge is -2.07. The van der Waals surface area contributed by atoms with Gasteiger partial charge in [0.25, 0.3) is 0 Å². The summed E-state index contributed by atoms with van der Waals surface area (Å²) >= 11 is 0. The van der Waals surface area contributed by atoms with E-state index in [0.29, 0.717) is 6.54 Å². The zero-order chi connectivity index (χ0) is 16.7. The second-order valence-electron chi connectivity index (χ2n) is 6.00. The van der Waals surface area contributed by atoms with Crippen molar-refractivity contribution in [3.63, 3.8) is 0 Å². The number of benzene rings is 1. The summed E-state index contributed by atoms with van der Waals surface area (Å²) < 4.78 is 8.07. The van der Waals surface area contributed by atoms with Crippen LogP contribution in [0, 0.1) is 20.8 Å². The van der Waals surface area contributed by atoms with Crippen LogP contribution in [-0.2, 0) is 6.54 Å². The first-order valence-corrected chi connectivity index (χ1v) is 7.92. The molecule has 5 heteroatoms. The molecule has 0 bridgehead atoms. The number of fused-ring (bicyclic) bond motifs is 1. The van der Waals surface area contributed by atoms with Gasteiger partial charge in [-0.2, -0.15) is 0 Å². The summed E-state index contributed by atoms with van der Waals surface area (Å²) in [6.45, 7) is 6.59. The summed E-state index contributed by atoms with van der Waals surface area (Å²) in [5.74, 6) is 2.37. The van der Waals surface area contributed by atoms with Gasteiger partial charge in [-0.1, -0.05) is 18.2 Å². The molecule has 0 radical (unpaired) electrons. The molecule has 0 amide bonds. The van der Waals surface area contributed by atoms with Crippen LogP contribution < -0.4 is 0 Å². The molecule has 1 aromatic carbocycles. The van der Waals surface area contributed by atoms with Gasteiger partial charge in [-0.15, -0.1) is 0 Å². The second kappa shape index (κ2) is 5.60. The molecule has 3 aromatic heterocycles. The van der Waals surface area contributed by atoms with Crippen molar-refractivity contribution in [3.8, 4) is 11.6 Å². The highest BCUT2D eigenvalue weighted by atomic mass is 16.3. The quantitative estimate of drug-likeness (QED) is 0.571. The first-order chi connectivity index (χ1) is 11.6. The van der Waals surface area contributed by atoms with Crippen LogP contribution in [0.15, 0.2) is 47.1 Å². The molecular formula is C19H18N4O. The Morgan fingerprint density at radius 2 is 1.79 bits per heavy atom. The predicted molar refractivity (Wildman–Crippen MR) is 92.8 cm³/mol. The summed E-state index contributed by atoms with van der Waals surface area (Å²) in [6, 6.07) is 10.0. The Balaban J connectivity index is 1.78. The molecule has 0 atom stereocenters. The topological polar surface area (TPSA) is 56.7 Å². The van der Waals surface area contributed by atoms with Gasteiger partial charge in [-0.3, -0.25) is 0 Å². The highest BCUT2D eigenvalue weighted by Crippen LogP contribution is 2.32. The SMILES string of the molecule is Cc1cc(C)nc(Cn2ccnc2-c2oc3ccccc3c2C)n1. The molecule has 0 aliphatic heterocycles. The highest BCUT2D eigenvalue weighted by molar-refractivity contribution is 5.86. The molecule has 0 fully saturated rings. The van der Waals surface area contributed by atoms with E-state index in [2.05, 4.69) is 27.9 Å². The van der Waals surface area contributed by atoms with E-state index in [0.717, 1.165) is 45.3 Å². The van der Waals surface area contributed by atoms with E-state index in [1.54, 1.807) is 6.20 Å². The van der Waals surface area contributed by atoms with Crippen LogP contribution in [0.1, 0.15) is 22.8 Å². The minimum absolute atomic E-state index is 0.564. The average molecular weight is 318 g/mol. The lowest BCUT2D eigenvalue weighted by molar-refractivity contribution is 0.611. The number of hydrogen-bond acceptors (Lipinski definition) is 4. The van der Waals surface area contributed by atoms with Crippen molar-refractivity contribution in [3.05, 3.63) is 65.5 Å². The van der Waals surface area contributed by atoms with Gasteiger partial charge in [0, 0.05) is 34.7 Å². The highest BCUT2D eigenvalue weighted by Gasteiger charge is 2.17. The molecule has 0 unspecified atom stereocenters. The number of imidazole rings is 1. The molecular weight excluding hydrogens is 300 g/mol. The van der Waals surface area contributed by atoms with Gasteiger partial charge in [0.15, 0.2) is 11.6 Å². The molecule has 0 aliphatic carbocycles. The minimum Gasteiger partial charge on any atom is -0.453 e. The van der Waals surface area contributed by atoms with Crippen LogP contribution in [0.3, 0.4) is 0 Å². The second-order valence-corrected chi connectivity index (χ2v) is 6.00. The van der Waals surface area contributed by atoms with E-state index >= 15 is 0 Å². The number of para-hydroxylation sites is 1. The van der Waals surface area contributed by atoms with Crippen molar-refractivity contribution in [2.75, 3.05) is 0 Å². The summed E-state index contributed by atoms with van der Waals surface area (Å²) in [6.07, 6.45) is 3.72. The van der Waals surface area contributed by atoms with Crippen LogP contribution in [0.2, 0.25) is 0 Å². The van der Waals surface area contributed by atoms with Crippen molar-refractivity contribution < 1.29 is 4.42 Å². The summed E-state index contributed by atoms with van der Waals surface area (Å²) in [4.78, 5) is 13.5. The van der Waals surface area contributed by atoms with E-state index in [1.807, 2.05) is 48.9 Å². The van der Waals surface area contributed by atoms with Gasteiger partial charge in [-0.05, 0) is 32.9 Å². The number of aromatic nitrogens is 4. The van der Waals surface area contributed by atoms with Gasteiger partial charge >= 0.3 is 0 Å². The molecule has 120 valence electrons. The monoisotopic (exact) mass is 318 g/mol. The van der Waals surface area contributed by atoms with Crippen molar-refractivity contribution in [1.82, 2.24) is 19.5 Å². The molecule has 0 N–H and O–H groups in total. The van der Waals surface area contributed by atoms with Crippen LogP contribution in [-0.4, -0.2) is 19.5 Å². The Morgan fingerprint density at radius 3 is 2.54 bits per heavy atom. The van der Waals surface area contributed by atoms with Crippen molar-refractivity contribution in [2.45, 2.75) is 27.3 Å². The van der Waals surface area contributed by atoms with E-state index in [-0.39, 0.29) is 0 Å². The average Bonchev–Trinajstić information content (AvgIpc) is 3.11. The number of rotatable bonds is 3. The van der Waals surface area contributed by atoms with Crippen LogP contribution in [0.4, 0.5) is 0 Å². The van der Waals surface area contributed by atoms with Crippen LogP contribution in [0.25, 0.3) is 22.6 Å². The van der Waals surface area contributed by atoms with Gasteiger partial charge in [0.2, 0.25) is 0 Å². The van der Waals surface area contributed by atoms with Gasteiger partial charge < -0.3 is 8.98 Å². The maximum atomic E-state index is 6.04. The fourth-order valence-electron chi connectivity index (χ4n) is 3.06. The van der Waals surface area contributed by atoms with Crippen molar-refractivity contribution in [2.24, 2.45) is 0 Å². The molecule has 0 spiro atoms. The Labute approximate surface area is 140 Å². The number of aryl methyl sites for hydroxylation is 3. The van der Waals surface area contributed by atoms with Crippen molar-refractivity contribution in [1.29, 1.82) is 0 Å². The van der Waals surface area contributed by atoms with Gasteiger partial charge in [0.1, 0.15) is 11.4 Å². The van der Waals surface area contributed by atoms with E-state index < -0.39 is 0 Å². The molecule has 0 aliphatic rings. The standard InChI is InChI=1S/C19H18N4O/c1-12-10-13(2)22-17(21-12)11-23-9-8-20-19(23)18-14(3)15-6-4-5-7-16(15)24-18/h4-10H,11H2,1-3H3. The summed E-state index contributed by atoms with van der Waals surface area (Å²) in [5, 5.41) is 1.12. The zero-order valence-electron chi connectivity index (χ0n) is 13.9. The first kappa shape index (κ1) is 14.6. The van der Waals surface area contributed by atoms with Gasteiger partial charge in [0.05, 0.1) is 6.54 Å². The van der Waals surface area contributed by atoms with E-state index in [1.165, 1.54) is 0 Å². The third-order valence-electron chi connectivity index (χ3n) is 4.10. The van der Waals surface area contributed by atoms with E-state index in [9.17, 15) is 0 Å². The fraction of sp³-hybridized carbons (Fsp3) is 0.211. The maximum Gasteiger partial charge on any atom is 0.176 e. The molecule has 0 saturated carbocycles. The predicted octanol–water partition coefficient (Wildman–Crippen LogP) is 4.06. The largest absolute Gasteiger partial charge is 0.453 e. The Morgan fingerprint density at radius 1 is 1.04 bits per heavy atom. The molecule has 24 heavy (non-hydrogen) atoms. The van der Waals surface area contributed by atoms with Gasteiger partial charge in [-0.25, -0.2) is 15.0 Å². The third-order valence-corrected chi connectivity index (χ3v) is 4.10. The Bertz CT molecular complexity index is 1010. The summed E-state index contributed by atoms with van der Waals surface area (Å²) in [7, 11) is 0. The molecule has 4 aromatic rings. The molecule has 5 nitrogen and oxygen atoms in total.